The van der Waals surface area contributed by atoms with Gasteiger partial charge in [0.1, 0.15) is 30.2 Å². The van der Waals surface area contributed by atoms with E-state index in [-0.39, 0.29) is 6.61 Å². The number of para-hydroxylation sites is 1. The molecule has 7 nitrogen and oxygen atoms in total. The van der Waals surface area contributed by atoms with Crippen molar-refractivity contribution in [2.24, 2.45) is 0 Å². The number of aliphatic hydroxyl groups is 1. The molecule has 1 fully saturated rings. The Morgan fingerprint density at radius 2 is 1.62 bits per heavy atom. The van der Waals surface area contributed by atoms with E-state index >= 15 is 0 Å². The van der Waals surface area contributed by atoms with Crippen molar-refractivity contribution in [3.8, 4) is 5.75 Å². The van der Waals surface area contributed by atoms with Crippen molar-refractivity contribution in [1.29, 1.82) is 0 Å². The highest BCUT2D eigenvalue weighted by Gasteiger charge is 2.48. The Kier molecular flexibility index (Phi) is 7.41. The molecule has 1 aromatic rings. The Bertz CT molecular complexity index is 496. The molecule has 0 amide bonds. The van der Waals surface area contributed by atoms with E-state index in [9.17, 15) is 5.11 Å². The highest BCUT2D eigenvalue weighted by atomic mass is 16.7. The van der Waals surface area contributed by atoms with E-state index in [1.54, 1.807) is 28.4 Å². The van der Waals surface area contributed by atoms with Crippen molar-refractivity contribution in [3.63, 3.8) is 0 Å². The van der Waals surface area contributed by atoms with Crippen molar-refractivity contribution < 1.29 is 33.5 Å². The first kappa shape index (κ1) is 19.1. The fourth-order valence-corrected chi connectivity index (χ4v) is 2.94. The van der Waals surface area contributed by atoms with Gasteiger partial charge in [-0.3, -0.25) is 0 Å². The number of benzene rings is 1. The lowest BCUT2D eigenvalue weighted by atomic mass is 9.98. The molecule has 1 aliphatic rings. The summed E-state index contributed by atoms with van der Waals surface area (Å²) in [6.07, 6.45) is -2.74. The SMILES string of the molecule is COCc1ccccc1O[C@@H]1O[C@@H](CO)[C@@H](OC)[C@@H](OC)[C@@H]1OC. The van der Waals surface area contributed by atoms with E-state index in [1.807, 2.05) is 24.3 Å². The Morgan fingerprint density at radius 3 is 2.21 bits per heavy atom. The summed E-state index contributed by atoms with van der Waals surface area (Å²) in [5.41, 5.74) is 0.891. The highest BCUT2D eigenvalue weighted by Crippen LogP contribution is 2.30. The van der Waals surface area contributed by atoms with Gasteiger partial charge in [0.2, 0.25) is 6.29 Å². The lowest BCUT2D eigenvalue weighted by Crippen LogP contribution is -2.61. The number of methoxy groups -OCH3 is 4. The number of ether oxygens (including phenoxy) is 6. The van der Waals surface area contributed by atoms with E-state index in [0.29, 0.717) is 12.4 Å². The molecule has 0 bridgehead atoms. The molecule has 2 rings (SSSR count). The fraction of sp³-hybridized carbons (Fsp3) is 0.647. The molecule has 1 N–H and O–H groups in total. The molecule has 24 heavy (non-hydrogen) atoms. The Labute approximate surface area is 142 Å². The van der Waals surface area contributed by atoms with Crippen LogP contribution in [0.15, 0.2) is 24.3 Å². The molecule has 1 heterocycles. The first-order valence-corrected chi connectivity index (χ1v) is 7.78. The minimum Gasteiger partial charge on any atom is -0.462 e. The maximum atomic E-state index is 9.61. The molecule has 0 spiro atoms. The number of aliphatic hydroxyl groups excluding tert-OH is 1. The summed E-state index contributed by atoms with van der Waals surface area (Å²) in [5.74, 6) is 0.633. The van der Waals surface area contributed by atoms with Gasteiger partial charge in [-0.1, -0.05) is 18.2 Å². The zero-order chi connectivity index (χ0) is 17.5. The molecule has 7 heteroatoms. The Morgan fingerprint density at radius 1 is 0.958 bits per heavy atom. The van der Waals surface area contributed by atoms with Crippen molar-refractivity contribution in [2.75, 3.05) is 35.0 Å². The van der Waals surface area contributed by atoms with Crippen LogP contribution < -0.4 is 4.74 Å². The molecule has 0 aliphatic carbocycles. The third kappa shape index (κ3) is 4.05. The minimum absolute atomic E-state index is 0.214. The molecule has 1 aliphatic heterocycles. The molecule has 0 saturated carbocycles. The Balaban J connectivity index is 2.24. The third-order valence-electron chi connectivity index (χ3n) is 4.10. The fourth-order valence-electron chi connectivity index (χ4n) is 2.94. The van der Waals surface area contributed by atoms with Crippen molar-refractivity contribution in [1.82, 2.24) is 0 Å². The highest BCUT2D eigenvalue weighted by molar-refractivity contribution is 5.33. The monoisotopic (exact) mass is 342 g/mol. The van der Waals surface area contributed by atoms with E-state index in [0.717, 1.165) is 5.56 Å². The maximum absolute atomic E-state index is 9.61. The van der Waals surface area contributed by atoms with Gasteiger partial charge in [0.15, 0.2) is 0 Å². The molecule has 5 atom stereocenters. The Hall–Kier alpha value is -1.22. The predicted molar refractivity (Wildman–Crippen MR) is 85.9 cm³/mol. The van der Waals surface area contributed by atoms with E-state index in [2.05, 4.69) is 0 Å². The molecule has 0 aromatic heterocycles. The first-order chi connectivity index (χ1) is 11.7. The predicted octanol–water partition coefficient (Wildman–Crippen LogP) is 0.974. The van der Waals surface area contributed by atoms with Crippen molar-refractivity contribution in [2.45, 2.75) is 37.3 Å². The summed E-state index contributed by atoms with van der Waals surface area (Å²) in [4.78, 5) is 0. The van der Waals surface area contributed by atoms with Gasteiger partial charge in [-0.05, 0) is 6.07 Å². The summed E-state index contributed by atoms with van der Waals surface area (Å²) in [6, 6.07) is 7.53. The average Bonchev–Trinajstić information content (AvgIpc) is 2.62. The van der Waals surface area contributed by atoms with Crippen LogP contribution >= 0.6 is 0 Å². The number of rotatable bonds is 8. The second-order valence-electron chi connectivity index (χ2n) is 5.49. The maximum Gasteiger partial charge on any atom is 0.229 e. The summed E-state index contributed by atoms with van der Waals surface area (Å²) >= 11 is 0. The topological polar surface area (TPSA) is 75.6 Å². The normalized spacial score (nSPS) is 30.3. The molecular weight excluding hydrogens is 316 g/mol. The largest absolute Gasteiger partial charge is 0.462 e. The lowest BCUT2D eigenvalue weighted by molar-refractivity contribution is -0.291. The van der Waals surface area contributed by atoms with Crippen molar-refractivity contribution >= 4 is 0 Å². The summed E-state index contributed by atoms with van der Waals surface area (Å²) < 4.78 is 33.6. The van der Waals surface area contributed by atoms with Crippen LogP contribution in [0.4, 0.5) is 0 Å². The van der Waals surface area contributed by atoms with Gasteiger partial charge in [0.25, 0.3) is 0 Å². The van der Waals surface area contributed by atoms with E-state index < -0.39 is 30.7 Å². The zero-order valence-electron chi connectivity index (χ0n) is 14.5. The molecule has 0 radical (unpaired) electrons. The lowest BCUT2D eigenvalue weighted by Gasteiger charge is -2.44. The molecule has 0 unspecified atom stereocenters. The van der Waals surface area contributed by atoms with Crippen LogP contribution in [0.1, 0.15) is 5.56 Å². The molecule has 136 valence electrons. The average molecular weight is 342 g/mol. The minimum atomic E-state index is -0.749. The van der Waals surface area contributed by atoms with Gasteiger partial charge in [-0.15, -0.1) is 0 Å². The molecular formula is C17H26O7. The molecule has 1 aromatic carbocycles. The van der Waals surface area contributed by atoms with Gasteiger partial charge < -0.3 is 33.5 Å². The van der Waals surface area contributed by atoms with Crippen LogP contribution in [0.25, 0.3) is 0 Å². The van der Waals surface area contributed by atoms with Crippen LogP contribution in [0, 0.1) is 0 Å². The van der Waals surface area contributed by atoms with Crippen LogP contribution in [-0.2, 0) is 30.3 Å². The van der Waals surface area contributed by atoms with Gasteiger partial charge >= 0.3 is 0 Å². The van der Waals surface area contributed by atoms with Crippen LogP contribution in [0.3, 0.4) is 0 Å². The summed E-state index contributed by atoms with van der Waals surface area (Å²) in [6.45, 7) is 0.201. The van der Waals surface area contributed by atoms with Crippen LogP contribution in [0.2, 0.25) is 0 Å². The summed E-state index contributed by atoms with van der Waals surface area (Å²) in [7, 11) is 6.30. The quantitative estimate of drug-likeness (QED) is 0.754. The standard InChI is InChI=1S/C17H26O7/c1-19-10-11-7-5-6-8-12(11)23-17-16(22-4)15(21-3)14(20-2)13(9-18)24-17/h5-8,13-18H,9-10H2,1-4H3/t13-,14+,15+,16-,17+/m0/s1. The van der Waals surface area contributed by atoms with Gasteiger partial charge in [0, 0.05) is 34.0 Å². The van der Waals surface area contributed by atoms with Crippen molar-refractivity contribution in [3.05, 3.63) is 29.8 Å². The van der Waals surface area contributed by atoms with Crippen LogP contribution in [0.5, 0.6) is 5.75 Å². The number of hydrogen-bond acceptors (Lipinski definition) is 7. The van der Waals surface area contributed by atoms with E-state index in [1.165, 1.54) is 0 Å². The zero-order valence-corrected chi connectivity index (χ0v) is 14.5. The smallest absolute Gasteiger partial charge is 0.229 e. The van der Waals surface area contributed by atoms with E-state index in [4.69, 9.17) is 28.4 Å². The van der Waals surface area contributed by atoms with Gasteiger partial charge in [-0.25, -0.2) is 0 Å². The second kappa shape index (κ2) is 9.31. The third-order valence-corrected chi connectivity index (χ3v) is 4.10. The van der Waals surface area contributed by atoms with Gasteiger partial charge in [0.05, 0.1) is 13.2 Å². The summed E-state index contributed by atoms with van der Waals surface area (Å²) in [5, 5.41) is 9.61. The second-order valence-corrected chi connectivity index (χ2v) is 5.49. The molecule has 1 saturated heterocycles. The van der Waals surface area contributed by atoms with Gasteiger partial charge in [-0.2, -0.15) is 0 Å². The first-order valence-electron chi connectivity index (χ1n) is 7.78. The number of hydrogen-bond donors (Lipinski definition) is 1. The van der Waals surface area contributed by atoms with Crippen LogP contribution in [-0.4, -0.2) is 70.9 Å².